The van der Waals surface area contributed by atoms with Crippen LogP contribution in [0.4, 0.5) is 17.1 Å². The Labute approximate surface area is 349 Å². The second-order valence-electron chi connectivity index (χ2n) is 17.2. The third-order valence-corrected chi connectivity index (χ3v) is 14.1. The van der Waals surface area contributed by atoms with E-state index in [0.717, 1.165) is 132 Å². The Morgan fingerprint density at radius 3 is 2.14 bits per heavy atom. The van der Waals surface area contributed by atoms with Crippen molar-refractivity contribution in [2.45, 2.75) is 51.0 Å². The summed E-state index contributed by atoms with van der Waals surface area (Å²) in [6.07, 6.45) is 5.35. The molecule has 5 saturated heterocycles. The highest BCUT2D eigenvalue weighted by molar-refractivity contribution is 6.32. The second-order valence-corrected chi connectivity index (χ2v) is 17.6. The summed E-state index contributed by atoms with van der Waals surface area (Å²) in [4.78, 5) is 77.1. The number of hydrogen-bond acceptors (Lipinski definition) is 10. The topological polar surface area (TPSA) is 141 Å². The lowest BCUT2D eigenvalue weighted by Crippen LogP contribution is -2.54. The van der Waals surface area contributed by atoms with Crippen LogP contribution < -0.4 is 20.0 Å². The van der Waals surface area contributed by atoms with Crippen molar-refractivity contribution in [3.8, 4) is 6.07 Å². The molecule has 5 fully saturated rings. The predicted molar refractivity (Wildman–Crippen MR) is 224 cm³/mol. The molecule has 0 aromatic heterocycles. The minimum atomic E-state index is -0.969. The maximum atomic E-state index is 13.8. The highest BCUT2D eigenvalue weighted by Crippen LogP contribution is 2.42. The molecule has 0 radical (unpaired) electrons. The minimum absolute atomic E-state index is 0.0954. The fraction of sp³-hybridized carbons (Fsp3) is 0.467. The summed E-state index contributed by atoms with van der Waals surface area (Å²) in [6, 6.07) is 20.3. The average molecular weight is 817 g/mol. The summed E-state index contributed by atoms with van der Waals surface area (Å²) in [7, 11) is 0. The number of amides is 5. The van der Waals surface area contributed by atoms with Gasteiger partial charge in [0.15, 0.2) is 0 Å². The highest BCUT2D eigenvalue weighted by atomic mass is 35.5. The van der Waals surface area contributed by atoms with Gasteiger partial charge in [0.2, 0.25) is 11.8 Å². The van der Waals surface area contributed by atoms with E-state index in [1.54, 1.807) is 18.2 Å². The van der Waals surface area contributed by atoms with Crippen molar-refractivity contribution in [1.29, 1.82) is 5.26 Å². The number of benzene rings is 3. The van der Waals surface area contributed by atoms with Crippen LogP contribution in [0.25, 0.3) is 0 Å². The zero-order chi connectivity index (χ0) is 40.8. The Hall–Kier alpha value is -5.45. The maximum Gasteiger partial charge on any atom is 0.262 e. The number of halogens is 1. The van der Waals surface area contributed by atoms with Gasteiger partial charge in [0, 0.05) is 101 Å². The van der Waals surface area contributed by atoms with E-state index in [0.29, 0.717) is 27.6 Å². The lowest BCUT2D eigenvalue weighted by molar-refractivity contribution is -0.136. The van der Waals surface area contributed by atoms with Crippen LogP contribution in [-0.2, 0) is 9.59 Å². The molecule has 0 aliphatic carbocycles. The number of nitrogens with one attached hydrogen (secondary N) is 1. The van der Waals surface area contributed by atoms with Gasteiger partial charge in [-0.2, -0.15) is 5.26 Å². The fourth-order valence-corrected chi connectivity index (χ4v) is 10.4. The average Bonchev–Trinajstić information content (AvgIpc) is 3.78. The van der Waals surface area contributed by atoms with Gasteiger partial charge in [0.1, 0.15) is 12.1 Å². The molecule has 9 rings (SSSR count). The van der Waals surface area contributed by atoms with Crippen LogP contribution in [0.2, 0.25) is 5.02 Å². The summed E-state index contributed by atoms with van der Waals surface area (Å²) in [5.41, 5.74) is 5.05. The first kappa shape index (κ1) is 39.0. The van der Waals surface area contributed by atoms with Crippen molar-refractivity contribution in [1.82, 2.24) is 20.0 Å². The van der Waals surface area contributed by atoms with Crippen LogP contribution in [0.5, 0.6) is 0 Å². The van der Waals surface area contributed by atoms with E-state index in [1.807, 2.05) is 30.3 Å². The van der Waals surface area contributed by atoms with Crippen molar-refractivity contribution < 1.29 is 24.0 Å². The molecule has 0 bridgehead atoms. The maximum absolute atomic E-state index is 13.8. The monoisotopic (exact) mass is 816 g/mol. The number of carbonyl (C=O) groups is 5. The number of nitriles is 1. The Kier molecular flexibility index (Phi) is 10.6. The van der Waals surface area contributed by atoms with Crippen molar-refractivity contribution in [2.24, 2.45) is 11.3 Å². The summed E-state index contributed by atoms with van der Waals surface area (Å²) >= 11 is 6.32. The summed E-state index contributed by atoms with van der Waals surface area (Å²) < 4.78 is 0. The summed E-state index contributed by atoms with van der Waals surface area (Å²) in [5, 5.41) is 12.0. The van der Waals surface area contributed by atoms with Gasteiger partial charge in [0.25, 0.3) is 17.7 Å². The standard InChI is InChI=1S/C45H49ClN8O5/c46-38-26-35(5-4-32(38)27-47)51-17-12-45(13-18-51)14-19-53(29-45)42(57)31-2-1-3-33(24-31)52-22-20-49(21-23-52)28-30-10-15-50(16-11-30)34-6-7-36-37(25-34)44(59)54(43(36)58)39-8-9-40(55)48-41(39)56/h1-7,24-26,30,39H,8-23,28-29H2,(H,48,55,56). The van der Waals surface area contributed by atoms with E-state index in [4.69, 9.17) is 11.6 Å². The van der Waals surface area contributed by atoms with Gasteiger partial charge in [-0.25, -0.2) is 0 Å². The van der Waals surface area contributed by atoms with Crippen molar-refractivity contribution in [2.75, 3.05) is 86.7 Å². The third kappa shape index (κ3) is 7.64. The molecule has 1 atom stereocenters. The Balaban J connectivity index is 0.733. The Morgan fingerprint density at radius 2 is 1.41 bits per heavy atom. The van der Waals surface area contributed by atoms with Gasteiger partial charge in [-0.3, -0.25) is 39.1 Å². The first-order valence-electron chi connectivity index (χ1n) is 21.0. The van der Waals surface area contributed by atoms with E-state index in [1.165, 1.54) is 0 Å². The molecule has 1 spiro atoms. The number of anilines is 3. The van der Waals surface area contributed by atoms with E-state index >= 15 is 0 Å². The van der Waals surface area contributed by atoms with Gasteiger partial charge < -0.3 is 19.6 Å². The molecule has 5 amide bonds. The second kappa shape index (κ2) is 16.0. The molecule has 1 unspecified atom stereocenters. The molecule has 59 heavy (non-hydrogen) atoms. The molecule has 3 aromatic rings. The lowest BCUT2D eigenvalue weighted by atomic mass is 9.77. The van der Waals surface area contributed by atoms with Crippen LogP contribution in [0, 0.1) is 22.7 Å². The van der Waals surface area contributed by atoms with Gasteiger partial charge in [-0.05, 0) is 104 Å². The van der Waals surface area contributed by atoms with Gasteiger partial charge in [-0.15, -0.1) is 0 Å². The predicted octanol–water partition coefficient (Wildman–Crippen LogP) is 4.78. The lowest BCUT2D eigenvalue weighted by Gasteiger charge is -2.40. The van der Waals surface area contributed by atoms with Crippen LogP contribution >= 0.6 is 11.6 Å². The van der Waals surface area contributed by atoms with Crippen LogP contribution in [0.3, 0.4) is 0 Å². The molecule has 0 saturated carbocycles. The van der Waals surface area contributed by atoms with Gasteiger partial charge in [-0.1, -0.05) is 17.7 Å². The van der Waals surface area contributed by atoms with Gasteiger partial charge in [0.05, 0.1) is 21.7 Å². The number of carbonyl (C=O) groups excluding carboxylic acids is 5. The van der Waals surface area contributed by atoms with Crippen LogP contribution in [-0.4, -0.2) is 122 Å². The van der Waals surface area contributed by atoms with Crippen LogP contribution in [0.15, 0.2) is 60.7 Å². The van der Waals surface area contributed by atoms with Crippen molar-refractivity contribution in [3.63, 3.8) is 0 Å². The fourth-order valence-electron chi connectivity index (χ4n) is 10.1. The number of hydrogen-bond donors (Lipinski definition) is 1. The van der Waals surface area contributed by atoms with E-state index in [2.05, 4.69) is 48.0 Å². The number of likely N-dealkylation sites (tertiary alicyclic amines) is 1. The zero-order valence-electron chi connectivity index (χ0n) is 33.2. The molecular weight excluding hydrogens is 768 g/mol. The van der Waals surface area contributed by atoms with Crippen molar-refractivity contribution >= 4 is 58.2 Å². The molecule has 6 heterocycles. The quantitative estimate of drug-likeness (QED) is 0.332. The third-order valence-electron chi connectivity index (χ3n) is 13.7. The largest absolute Gasteiger partial charge is 0.371 e. The number of piperidine rings is 3. The Morgan fingerprint density at radius 1 is 0.746 bits per heavy atom. The molecule has 3 aromatic carbocycles. The zero-order valence-corrected chi connectivity index (χ0v) is 34.0. The number of rotatable bonds is 7. The molecular formula is C45H49ClN8O5. The summed E-state index contributed by atoms with van der Waals surface area (Å²) in [6.45, 7) is 9.86. The SMILES string of the molecule is N#Cc1ccc(N2CCC3(CCN(C(=O)c4cccc(N5CCN(CC6CCN(c7ccc8c(c7)C(=O)N(C7CCC(=O)NC7=O)C8=O)CC6)CC5)c4)C3)CC2)cc1Cl. The molecule has 6 aliphatic rings. The number of nitrogens with zero attached hydrogens (tertiary/aromatic N) is 7. The number of fused-ring (bicyclic) bond motifs is 1. The van der Waals surface area contributed by atoms with E-state index in [-0.39, 0.29) is 30.1 Å². The van der Waals surface area contributed by atoms with E-state index < -0.39 is 23.8 Å². The minimum Gasteiger partial charge on any atom is -0.371 e. The Bertz CT molecular complexity index is 2230. The van der Waals surface area contributed by atoms with Crippen LogP contribution in [0.1, 0.15) is 81.6 Å². The molecule has 306 valence electrons. The van der Waals surface area contributed by atoms with Crippen molar-refractivity contribution in [3.05, 3.63) is 87.9 Å². The summed E-state index contributed by atoms with van der Waals surface area (Å²) in [5.74, 6) is -1.28. The number of piperazine rings is 1. The first-order chi connectivity index (χ1) is 28.6. The normalized spacial score (nSPS) is 22.6. The van der Waals surface area contributed by atoms with Gasteiger partial charge >= 0.3 is 0 Å². The van der Waals surface area contributed by atoms with E-state index in [9.17, 15) is 29.2 Å². The molecule has 1 N–H and O–H groups in total. The molecule has 13 nitrogen and oxygen atoms in total. The smallest absolute Gasteiger partial charge is 0.262 e. The molecule has 14 heteroatoms. The first-order valence-corrected chi connectivity index (χ1v) is 21.4. The number of imide groups is 2. The highest BCUT2D eigenvalue weighted by Gasteiger charge is 2.45. The molecule has 6 aliphatic heterocycles.